The third kappa shape index (κ3) is 3.35. The van der Waals surface area contributed by atoms with Crippen LogP contribution in [0.3, 0.4) is 0 Å². The van der Waals surface area contributed by atoms with Crippen molar-refractivity contribution < 1.29 is 9.90 Å². The molecule has 0 bridgehead atoms. The first kappa shape index (κ1) is 14.1. The Morgan fingerprint density at radius 3 is 2.74 bits per heavy atom. The molecule has 0 unspecified atom stereocenters. The molecule has 1 aromatic carbocycles. The molecule has 0 aliphatic rings. The molecule has 0 saturated carbocycles. The van der Waals surface area contributed by atoms with Gasteiger partial charge < -0.3 is 10.4 Å². The summed E-state index contributed by atoms with van der Waals surface area (Å²) in [7, 11) is 0. The van der Waals surface area contributed by atoms with Crippen molar-refractivity contribution in [3.8, 4) is 0 Å². The summed E-state index contributed by atoms with van der Waals surface area (Å²) >= 11 is 7.41. The molecule has 0 saturated heterocycles. The maximum Gasteiger partial charge on any atom is 0.261 e. The number of halogens is 1. The Kier molecular flexibility index (Phi) is 4.24. The van der Waals surface area contributed by atoms with E-state index < -0.39 is 5.60 Å². The van der Waals surface area contributed by atoms with E-state index in [9.17, 15) is 9.90 Å². The van der Waals surface area contributed by atoms with Crippen LogP contribution in [0.15, 0.2) is 41.8 Å². The van der Waals surface area contributed by atoms with Crippen molar-refractivity contribution in [1.29, 1.82) is 0 Å². The number of carbonyl (C=O) groups excluding carboxylic acids is 1. The van der Waals surface area contributed by atoms with Crippen LogP contribution in [0.25, 0.3) is 0 Å². The van der Waals surface area contributed by atoms with Gasteiger partial charge in [0.1, 0.15) is 5.60 Å². The highest BCUT2D eigenvalue weighted by Crippen LogP contribution is 2.27. The minimum atomic E-state index is -1.20. The number of nitrogens with one attached hydrogen (secondary N) is 1. The SMILES string of the molecule is C[C@](O)(CNC(=O)c1cccs1)c1ccccc1Cl. The van der Waals surface area contributed by atoms with Crippen LogP contribution in [0.5, 0.6) is 0 Å². The van der Waals surface area contributed by atoms with E-state index in [0.717, 1.165) is 0 Å². The monoisotopic (exact) mass is 295 g/mol. The number of aliphatic hydroxyl groups is 1. The minimum Gasteiger partial charge on any atom is -0.384 e. The van der Waals surface area contributed by atoms with E-state index in [1.54, 1.807) is 37.3 Å². The predicted molar refractivity (Wildman–Crippen MR) is 77.7 cm³/mol. The molecular weight excluding hydrogens is 282 g/mol. The number of amides is 1. The van der Waals surface area contributed by atoms with E-state index in [2.05, 4.69) is 5.32 Å². The molecule has 1 atom stereocenters. The van der Waals surface area contributed by atoms with Crippen molar-refractivity contribution in [1.82, 2.24) is 5.32 Å². The second kappa shape index (κ2) is 5.74. The number of rotatable bonds is 4. The Labute approximate surface area is 120 Å². The lowest BCUT2D eigenvalue weighted by molar-refractivity contribution is 0.0528. The van der Waals surface area contributed by atoms with Crippen LogP contribution in [0.1, 0.15) is 22.2 Å². The molecule has 1 amide bonds. The lowest BCUT2D eigenvalue weighted by Crippen LogP contribution is -2.38. The maximum atomic E-state index is 11.8. The summed E-state index contributed by atoms with van der Waals surface area (Å²) in [4.78, 5) is 12.4. The summed E-state index contributed by atoms with van der Waals surface area (Å²) in [6.07, 6.45) is 0. The molecule has 3 nitrogen and oxygen atoms in total. The Bertz CT molecular complexity index is 567. The molecule has 0 radical (unpaired) electrons. The summed E-state index contributed by atoms with van der Waals surface area (Å²) in [6, 6.07) is 10.6. The van der Waals surface area contributed by atoms with Crippen LogP contribution >= 0.6 is 22.9 Å². The van der Waals surface area contributed by atoms with Gasteiger partial charge in [0.2, 0.25) is 0 Å². The first-order valence-electron chi connectivity index (χ1n) is 5.80. The average molecular weight is 296 g/mol. The Morgan fingerprint density at radius 2 is 2.11 bits per heavy atom. The fourth-order valence-electron chi connectivity index (χ4n) is 1.74. The highest BCUT2D eigenvalue weighted by atomic mass is 35.5. The quantitative estimate of drug-likeness (QED) is 0.911. The number of hydrogen-bond donors (Lipinski definition) is 2. The van der Waals surface area contributed by atoms with Crippen molar-refractivity contribution in [3.63, 3.8) is 0 Å². The molecule has 0 aliphatic heterocycles. The van der Waals surface area contributed by atoms with E-state index in [-0.39, 0.29) is 12.5 Å². The number of hydrogen-bond acceptors (Lipinski definition) is 3. The Morgan fingerprint density at radius 1 is 1.37 bits per heavy atom. The molecule has 0 aliphatic carbocycles. The van der Waals surface area contributed by atoms with Crippen molar-refractivity contribution in [3.05, 3.63) is 57.2 Å². The molecule has 2 rings (SSSR count). The molecule has 2 aromatic rings. The topological polar surface area (TPSA) is 49.3 Å². The average Bonchev–Trinajstić information content (AvgIpc) is 2.90. The Balaban J connectivity index is 2.06. The van der Waals surface area contributed by atoms with Gasteiger partial charge in [-0.2, -0.15) is 0 Å². The van der Waals surface area contributed by atoms with Gasteiger partial charge in [0.15, 0.2) is 0 Å². The van der Waals surface area contributed by atoms with Crippen molar-refractivity contribution in [2.24, 2.45) is 0 Å². The standard InChI is InChI=1S/C14H14ClNO2S/c1-14(18,10-5-2-3-6-11(10)15)9-16-13(17)12-7-4-8-19-12/h2-8,18H,9H2,1H3,(H,16,17)/t14-/m0/s1. The lowest BCUT2D eigenvalue weighted by Gasteiger charge is -2.25. The third-order valence-corrected chi connectivity index (χ3v) is 3.99. The minimum absolute atomic E-state index is 0.105. The molecule has 19 heavy (non-hydrogen) atoms. The molecule has 0 spiro atoms. The fourth-order valence-corrected chi connectivity index (χ4v) is 2.72. The van der Waals surface area contributed by atoms with Crippen LogP contribution in [0.2, 0.25) is 5.02 Å². The molecule has 2 N–H and O–H groups in total. The molecule has 0 fully saturated rings. The van der Waals surface area contributed by atoms with Gasteiger partial charge >= 0.3 is 0 Å². The van der Waals surface area contributed by atoms with Crippen LogP contribution in [0, 0.1) is 0 Å². The molecular formula is C14H14ClNO2S. The third-order valence-electron chi connectivity index (χ3n) is 2.79. The van der Waals surface area contributed by atoms with E-state index in [4.69, 9.17) is 11.6 Å². The molecule has 5 heteroatoms. The summed E-state index contributed by atoms with van der Waals surface area (Å²) in [5, 5.41) is 15.4. The van der Waals surface area contributed by atoms with E-state index in [1.807, 2.05) is 11.4 Å². The van der Waals surface area contributed by atoms with Crippen LogP contribution < -0.4 is 5.32 Å². The van der Waals surface area contributed by atoms with Crippen molar-refractivity contribution >= 4 is 28.8 Å². The number of benzene rings is 1. The van der Waals surface area contributed by atoms with Crippen LogP contribution in [-0.2, 0) is 5.60 Å². The summed E-state index contributed by atoms with van der Waals surface area (Å²) < 4.78 is 0. The van der Waals surface area contributed by atoms with Gasteiger partial charge in [-0.3, -0.25) is 4.79 Å². The van der Waals surface area contributed by atoms with Gasteiger partial charge in [0.05, 0.1) is 11.4 Å². The first-order valence-corrected chi connectivity index (χ1v) is 7.05. The van der Waals surface area contributed by atoms with E-state index in [0.29, 0.717) is 15.5 Å². The summed E-state index contributed by atoms with van der Waals surface area (Å²) in [6.45, 7) is 1.73. The number of carbonyl (C=O) groups is 1. The zero-order valence-electron chi connectivity index (χ0n) is 10.4. The second-order valence-electron chi connectivity index (χ2n) is 4.41. The normalized spacial score (nSPS) is 13.8. The second-order valence-corrected chi connectivity index (χ2v) is 5.77. The van der Waals surface area contributed by atoms with Gasteiger partial charge in [-0.15, -0.1) is 11.3 Å². The zero-order chi connectivity index (χ0) is 13.9. The lowest BCUT2D eigenvalue weighted by atomic mass is 9.96. The largest absolute Gasteiger partial charge is 0.384 e. The maximum absolute atomic E-state index is 11.8. The molecule has 1 aromatic heterocycles. The smallest absolute Gasteiger partial charge is 0.261 e. The van der Waals surface area contributed by atoms with Gasteiger partial charge in [0, 0.05) is 10.6 Å². The van der Waals surface area contributed by atoms with E-state index in [1.165, 1.54) is 11.3 Å². The zero-order valence-corrected chi connectivity index (χ0v) is 12.0. The van der Waals surface area contributed by atoms with Crippen molar-refractivity contribution in [2.75, 3.05) is 6.54 Å². The molecule has 1 heterocycles. The number of thiophene rings is 1. The highest BCUT2D eigenvalue weighted by molar-refractivity contribution is 7.12. The van der Waals surface area contributed by atoms with Gasteiger partial charge in [0.25, 0.3) is 5.91 Å². The van der Waals surface area contributed by atoms with Gasteiger partial charge in [-0.05, 0) is 24.4 Å². The van der Waals surface area contributed by atoms with Gasteiger partial charge in [-0.25, -0.2) is 0 Å². The fraction of sp³-hybridized carbons (Fsp3) is 0.214. The summed E-state index contributed by atoms with van der Waals surface area (Å²) in [5.74, 6) is -0.192. The predicted octanol–water partition coefficient (Wildman–Crippen LogP) is 3.04. The highest BCUT2D eigenvalue weighted by Gasteiger charge is 2.26. The molecule has 100 valence electrons. The van der Waals surface area contributed by atoms with Crippen LogP contribution in [0.4, 0.5) is 0 Å². The van der Waals surface area contributed by atoms with Crippen molar-refractivity contribution in [2.45, 2.75) is 12.5 Å². The van der Waals surface area contributed by atoms with Gasteiger partial charge in [-0.1, -0.05) is 35.9 Å². The first-order chi connectivity index (χ1) is 9.00. The Hall–Kier alpha value is -1.36. The van der Waals surface area contributed by atoms with Crippen LogP contribution in [-0.4, -0.2) is 17.6 Å². The van der Waals surface area contributed by atoms with E-state index >= 15 is 0 Å². The summed E-state index contributed by atoms with van der Waals surface area (Å²) in [5.41, 5.74) is -0.603.